The van der Waals surface area contributed by atoms with Gasteiger partial charge >= 0.3 is 0 Å². The van der Waals surface area contributed by atoms with Gasteiger partial charge in [0.25, 0.3) is 0 Å². The van der Waals surface area contributed by atoms with Crippen molar-refractivity contribution in [3.8, 4) is 0 Å². The minimum absolute atomic E-state index is 0.0232. The number of Topliss-reactive ketones (excluding diaryl/α,β-unsaturated/α-hetero) is 1. The third kappa shape index (κ3) is 11.1. The van der Waals surface area contributed by atoms with Gasteiger partial charge in [0.15, 0.2) is 0 Å². The quantitative estimate of drug-likeness (QED) is 0.516. The number of nitrogens with one attached hydrogen (secondary N) is 1. The molecule has 0 saturated carbocycles. The van der Waals surface area contributed by atoms with Gasteiger partial charge in [-0.2, -0.15) is 0 Å². The van der Waals surface area contributed by atoms with Crippen LogP contribution in [0.25, 0.3) is 0 Å². The van der Waals surface area contributed by atoms with E-state index in [1.54, 1.807) is 19.1 Å². The summed E-state index contributed by atoms with van der Waals surface area (Å²) >= 11 is 0. The molecular weight excluding hydrogens is 382 g/mol. The predicted octanol–water partition coefficient (Wildman–Crippen LogP) is 2.97. The largest absolute Gasteiger partial charge is 0.379 e. The molecule has 0 bridgehead atoms. The first-order valence-corrected chi connectivity index (χ1v) is 11.1. The summed E-state index contributed by atoms with van der Waals surface area (Å²) in [5.41, 5.74) is 0. The molecule has 0 aliphatic heterocycles. The summed E-state index contributed by atoms with van der Waals surface area (Å²) in [4.78, 5) is 40.3. The molecule has 7 nitrogen and oxygen atoms in total. The summed E-state index contributed by atoms with van der Waals surface area (Å²) in [6.45, 7) is 13.7. The normalized spacial score (nSPS) is 15.0. The van der Waals surface area contributed by atoms with E-state index in [0.29, 0.717) is 0 Å². The molecule has 0 aromatic carbocycles. The van der Waals surface area contributed by atoms with Crippen LogP contribution in [0, 0.1) is 11.8 Å². The number of carbonyl (C=O) groups is 3. The summed E-state index contributed by atoms with van der Waals surface area (Å²) < 4.78 is 5.54. The summed E-state index contributed by atoms with van der Waals surface area (Å²) in [6.07, 6.45) is 1.99. The highest BCUT2D eigenvalue weighted by molar-refractivity contribution is 5.87. The van der Waals surface area contributed by atoms with Crippen molar-refractivity contribution in [3.63, 3.8) is 0 Å². The number of amides is 2. The van der Waals surface area contributed by atoms with Gasteiger partial charge in [-0.15, -0.1) is 0 Å². The number of ether oxygens (including phenoxy) is 1. The smallest absolute Gasteiger partial charge is 0.242 e. The lowest BCUT2D eigenvalue weighted by atomic mass is 9.90. The third-order valence-corrected chi connectivity index (χ3v) is 5.11. The highest BCUT2D eigenvalue weighted by Crippen LogP contribution is 2.21. The van der Waals surface area contributed by atoms with Gasteiger partial charge in [-0.1, -0.05) is 54.4 Å². The SMILES string of the molecule is CCC.CCC(C)C(C(CC(C)=O)OC)N(C)C(=O)CNC(=O)C(C(C)C)N(C)C. The number of carbonyl (C=O) groups excluding carboxylic acids is 3. The van der Waals surface area contributed by atoms with E-state index < -0.39 is 0 Å². The minimum atomic E-state index is -0.368. The fourth-order valence-corrected chi connectivity index (χ4v) is 3.56. The molecule has 0 spiro atoms. The van der Waals surface area contributed by atoms with Crippen molar-refractivity contribution in [2.24, 2.45) is 11.8 Å². The Morgan fingerprint density at radius 2 is 1.50 bits per heavy atom. The van der Waals surface area contributed by atoms with Gasteiger partial charge in [-0.05, 0) is 32.9 Å². The first-order chi connectivity index (χ1) is 13.9. The van der Waals surface area contributed by atoms with Gasteiger partial charge in [0.05, 0.1) is 24.7 Å². The van der Waals surface area contributed by atoms with Crippen molar-refractivity contribution >= 4 is 17.6 Å². The summed E-state index contributed by atoms with van der Waals surface area (Å²) in [6, 6.07) is -0.527. The van der Waals surface area contributed by atoms with Crippen molar-refractivity contribution in [1.29, 1.82) is 0 Å². The Morgan fingerprint density at radius 1 is 1.00 bits per heavy atom. The van der Waals surface area contributed by atoms with Crippen molar-refractivity contribution in [2.75, 3.05) is 34.8 Å². The molecule has 0 saturated heterocycles. The number of hydrogen-bond donors (Lipinski definition) is 1. The van der Waals surface area contributed by atoms with Crippen molar-refractivity contribution in [2.45, 2.75) is 85.9 Å². The molecule has 30 heavy (non-hydrogen) atoms. The van der Waals surface area contributed by atoms with Crippen LogP contribution >= 0.6 is 0 Å². The highest BCUT2D eigenvalue weighted by atomic mass is 16.5. The molecular formula is C23H47N3O4. The molecule has 4 unspecified atom stereocenters. The van der Waals surface area contributed by atoms with Crippen LogP contribution in [0.4, 0.5) is 0 Å². The van der Waals surface area contributed by atoms with Crippen LogP contribution < -0.4 is 5.32 Å². The summed E-state index contributed by atoms with van der Waals surface area (Å²) in [5, 5.41) is 2.76. The van der Waals surface area contributed by atoms with E-state index in [1.807, 2.05) is 46.7 Å². The molecule has 0 aromatic rings. The monoisotopic (exact) mass is 429 g/mol. The molecule has 0 fully saturated rings. The maximum absolute atomic E-state index is 12.7. The highest BCUT2D eigenvalue weighted by Gasteiger charge is 2.33. The minimum Gasteiger partial charge on any atom is -0.379 e. The van der Waals surface area contributed by atoms with Gasteiger partial charge < -0.3 is 15.0 Å². The topological polar surface area (TPSA) is 79.0 Å². The molecule has 4 atom stereocenters. The zero-order chi connectivity index (χ0) is 24.0. The zero-order valence-electron chi connectivity index (χ0n) is 21.2. The summed E-state index contributed by atoms with van der Waals surface area (Å²) in [7, 11) is 6.97. The number of rotatable bonds is 12. The van der Waals surface area contributed by atoms with Crippen molar-refractivity contribution in [3.05, 3.63) is 0 Å². The summed E-state index contributed by atoms with van der Waals surface area (Å²) in [5.74, 6) is -0.0438. The van der Waals surface area contributed by atoms with E-state index >= 15 is 0 Å². The Morgan fingerprint density at radius 3 is 1.83 bits per heavy atom. The van der Waals surface area contributed by atoms with E-state index in [2.05, 4.69) is 19.2 Å². The number of nitrogens with zero attached hydrogens (tertiary/aromatic N) is 2. The molecule has 0 rings (SSSR count). The van der Waals surface area contributed by atoms with Crippen LogP contribution in [0.3, 0.4) is 0 Å². The van der Waals surface area contributed by atoms with Crippen LogP contribution in [-0.2, 0) is 19.1 Å². The molecule has 0 heterocycles. The standard InChI is InChI=1S/C20H39N3O4.C3H8/c1-10-14(4)19(16(27-9)11-15(5)24)23(8)17(25)12-21-20(26)18(13(2)3)22(6)7;1-3-2/h13-14,16,18-19H,10-12H2,1-9H3,(H,21,26);3H2,1-2H3. The fraction of sp³-hybridized carbons (Fsp3) is 0.870. The Bertz CT molecular complexity index is 501. The molecule has 0 radical (unpaired) electrons. The Labute approximate surface area is 184 Å². The molecule has 2 amide bonds. The molecule has 0 aliphatic rings. The molecule has 178 valence electrons. The van der Waals surface area contributed by atoms with Gasteiger partial charge in [0.1, 0.15) is 5.78 Å². The lowest BCUT2D eigenvalue weighted by Gasteiger charge is -2.37. The Hall–Kier alpha value is -1.47. The van der Waals surface area contributed by atoms with Crippen molar-refractivity contribution < 1.29 is 19.1 Å². The second-order valence-electron chi connectivity index (χ2n) is 8.64. The lowest BCUT2D eigenvalue weighted by Crippen LogP contribution is -2.54. The third-order valence-electron chi connectivity index (χ3n) is 5.11. The average Bonchev–Trinajstić information content (AvgIpc) is 2.64. The van der Waals surface area contributed by atoms with Crippen molar-refractivity contribution in [1.82, 2.24) is 15.1 Å². The number of hydrogen-bond acceptors (Lipinski definition) is 5. The lowest BCUT2D eigenvalue weighted by molar-refractivity contribution is -0.139. The van der Waals surface area contributed by atoms with Gasteiger partial charge in [-0.25, -0.2) is 0 Å². The molecule has 0 aliphatic carbocycles. The van der Waals surface area contributed by atoms with E-state index in [-0.39, 0.29) is 60.6 Å². The van der Waals surface area contributed by atoms with Gasteiger partial charge in [0.2, 0.25) is 11.8 Å². The van der Waals surface area contributed by atoms with Gasteiger partial charge in [0, 0.05) is 20.6 Å². The number of methoxy groups -OCH3 is 1. The van der Waals surface area contributed by atoms with Crippen LogP contribution in [0.2, 0.25) is 0 Å². The van der Waals surface area contributed by atoms with E-state index in [1.165, 1.54) is 13.3 Å². The van der Waals surface area contributed by atoms with E-state index in [9.17, 15) is 14.4 Å². The number of likely N-dealkylation sites (N-methyl/N-ethyl adjacent to an activating group) is 2. The maximum atomic E-state index is 12.7. The van der Waals surface area contributed by atoms with Crippen LogP contribution in [0.1, 0.15) is 67.7 Å². The second-order valence-corrected chi connectivity index (χ2v) is 8.64. The first-order valence-electron chi connectivity index (χ1n) is 11.1. The maximum Gasteiger partial charge on any atom is 0.242 e. The Balaban J connectivity index is 0. The molecule has 7 heteroatoms. The molecule has 0 aromatic heterocycles. The van der Waals surface area contributed by atoms with Gasteiger partial charge in [-0.3, -0.25) is 19.3 Å². The first kappa shape index (κ1) is 30.7. The molecule has 1 N–H and O–H groups in total. The van der Waals surface area contributed by atoms with Crippen LogP contribution in [0.15, 0.2) is 0 Å². The average molecular weight is 430 g/mol. The zero-order valence-corrected chi connectivity index (χ0v) is 21.2. The van der Waals surface area contributed by atoms with E-state index in [0.717, 1.165) is 6.42 Å². The second kappa shape index (κ2) is 16.3. The predicted molar refractivity (Wildman–Crippen MR) is 123 cm³/mol. The van der Waals surface area contributed by atoms with Crippen LogP contribution in [0.5, 0.6) is 0 Å². The van der Waals surface area contributed by atoms with E-state index in [4.69, 9.17) is 4.74 Å². The Kier molecular flexibility index (Phi) is 16.6. The number of ketones is 1. The fourth-order valence-electron chi connectivity index (χ4n) is 3.56. The van der Waals surface area contributed by atoms with Crippen LogP contribution in [-0.4, -0.2) is 80.4 Å².